The lowest BCUT2D eigenvalue weighted by molar-refractivity contribution is 0.0220. The number of hydrogen-bond acceptors (Lipinski definition) is 4. The SMILES string of the molecule is CCCCCCCCCCCCCCCC1OC(COP(=O)(O)O)CS1. The van der Waals surface area contributed by atoms with Crippen LogP contribution >= 0.6 is 19.6 Å². The molecular formula is C19H39O5PS. The molecule has 0 spiro atoms. The third-order valence-corrected chi connectivity index (χ3v) is 6.55. The van der Waals surface area contributed by atoms with Crippen molar-refractivity contribution in [3.8, 4) is 0 Å². The highest BCUT2D eigenvalue weighted by molar-refractivity contribution is 8.00. The third kappa shape index (κ3) is 14.5. The van der Waals surface area contributed by atoms with Gasteiger partial charge in [-0.1, -0.05) is 84.0 Å². The summed E-state index contributed by atoms with van der Waals surface area (Å²) >= 11 is 1.73. The van der Waals surface area contributed by atoms with Gasteiger partial charge in [-0.25, -0.2) is 4.57 Å². The third-order valence-electron chi connectivity index (χ3n) is 4.78. The molecule has 2 unspecified atom stereocenters. The molecule has 1 aliphatic heterocycles. The molecule has 0 aromatic rings. The average Bonchev–Trinajstić information content (AvgIpc) is 3.04. The van der Waals surface area contributed by atoms with Crippen LogP contribution in [0.4, 0.5) is 0 Å². The Hall–Kier alpha value is 0.420. The van der Waals surface area contributed by atoms with Gasteiger partial charge in [0.1, 0.15) is 5.44 Å². The average molecular weight is 411 g/mol. The molecule has 2 N–H and O–H groups in total. The van der Waals surface area contributed by atoms with Crippen molar-refractivity contribution in [3.63, 3.8) is 0 Å². The van der Waals surface area contributed by atoms with Gasteiger partial charge in [0.15, 0.2) is 0 Å². The van der Waals surface area contributed by atoms with Crippen LogP contribution in [0.2, 0.25) is 0 Å². The first-order valence-corrected chi connectivity index (χ1v) is 13.1. The molecule has 0 saturated carbocycles. The van der Waals surface area contributed by atoms with E-state index in [-0.39, 0.29) is 18.1 Å². The molecule has 0 radical (unpaired) electrons. The minimum Gasteiger partial charge on any atom is -0.361 e. The Labute approximate surface area is 164 Å². The van der Waals surface area contributed by atoms with Gasteiger partial charge in [0.2, 0.25) is 0 Å². The highest BCUT2D eigenvalue weighted by Gasteiger charge is 2.28. The largest absolute Gasteiger partial charge is 0.469 e. The van der Waals surface area contributed by atoms with Crippen LogP contribution in [0, 0.1) is 0 Å². The van der Waals surface area contributed by atoms with Gasteiger partial charge in [0.25, 0.3) is 0 Å². The number of unbranched alkanes of at least 4 members (excludes halogenated alkanes) is 12. The number of phosphoric acid groups is 1. The fourth-order valence-electron chi connectivity index (χ4n) is 3.26. The lowest BCUT2D eigenvalue weighted by Crippen LogP contribution is -2.18. The van der Waals surface area contributed by atoms with Crippen molar-refractivity contribution in [3.05, 3.63) is 0 Å². The Morgan fingerprint density at radius 2 is 1.42 bits per heavy atom. The molecule has 0 bridgehead atoms. The number of hydrogen-bond donors (Lipinski definition) is 2. The van der Waals surface area contributed by atoms with Crippen molar-refractivity contribution in [2.24, 2.45) is 0 Å². The van der Waals surface area contributed by atoms with E-state index in [1.54, 1.807) is 11.8 Å². The van der Waals surface area contributed by atoms with E-state index in [0.29, 0.717) is 0 Å². The van der Waals surface area contributed by atoms with Crippen molar-refractivity contribution in [1.82, 2.24) is 0 Å². The van der Waals surface area contributed by atoms with Crippen LogP contribution in [0.3, 0.4) is 0 Å². The van der Waals surface area contributed by atoms with E-state index >= 15 is 0 Å². The van der Waals surface area contributed by atoms with Crippen LogP contribution in [-0.4, -0.2) is 33.7 Å². The summed E-state index contributed by atoms with van der Waals surface area (Å²) in [5, 5.41) is 0. The Kier molecular flexibility index (Phi) is 14.4. The van der Waals surface area contributed by atoms with Crippen molar-refractivity contribution >= 4 is 19.6 Å². The van der Waals surface area contributed by atoms with E-state index in [2.05, 4.69) is 11.4 Å². The molecule has 1 aliphatic rings. The van der Waals surface area contributed by atoms with E-state index in [0.717, 1.165) is 12.2 Å². The van der Waals surface area contributed by atoms with Gasteiger partial charge < -0.3 is 14.5 Å². The van der Waals surface area contributed by atoms with Crippen LogP contribution in [0.15, 0.2) is 0 Å². The predicted octanol–water partition coefficient (Wildman–Crippen LogP) is 6.04. The normalized spacial score (nSPS) is 20.7. The number of phosphoric ester groups is 1. The fraction of sp³-hybridized carbons (Fsp3) is 1.00. The topological polar surface area (TPSA) is 76.0 Å². The first kappa shape index (κ1) is 24.5. The molecule has 0 aromatic carbocycles. The van der Waals surface area contributed by atoms with Gasteiger partial charge in [0, 0.05) is 5.75 Å². The molecule has 156 valence electrons. The molecule has 26 heavy (non-hydrogen) atoms. The molecule has 1 rings (SSSR count). The van der Waals surface area contributed by atoms with Gasteiger partial charge in [0.05, 0.1) is 12.7 Å². The monoisotopic (exact) mass is 410 g/mol. The summed E-state index contributed by atoms with van der Waals surface area (Å²) in [5.74, 6) is 0.753. The summed E-state index contributed by atoms with van der Waals surface area (Å²) in [4.78, 5) is 17.4. The second kappa shape index (κ2) is 15.4. The van der Waals surface area contributed by atoms with Gasteiger partial charge in [-0.3, -0.25) is 4.52 Å². The van der Waals surface area contributed by atoms with E-state index in [1.807, 2.05) is 0 Å². The van der Waals surface area contributed by atoms with Gasteiger partial charge in [-0.2, -0.15) is 0 Å². The smallest absolute Gasteiger partial charge is 0.361 e. The zero-order chi connectivity index (χ0) is 19.1. The van der Waals surface area contributed by atoms with Crippen molar-refractivity contribution in [2.75, 3.05) is 12.4 Å². The van der Waals surface area contributed by atoms with Crippen molar-refractivity contribution < 1.29 is 23.6 Å². The Bertz CT molecular complexity index is 377. The molecule has 5 nitrogen and oxygen atoms in total. The standard InChI is InChI=1S/C19H39O5PS/c1-2-3-4-5-6-7-8-9-10-11-12-13-14-15-19-24-18(17-26-19)16-23-25(20,21)22/h18-19H,2-17H2,1H3,(H2,20,21,22). The summed E-state index contributed by atoms with van der Waals surface area (Å²) in [6, 6.07) is 0. The Balaban J connectivity index is 1.82. The minimum atomic E-state index is -4.38. The molecule has 1 heterocycles. The van der Waals surface area contributed by atoms with Gasteiger partial charge in [-0.15, -0.1) is 11.8 Å². The molecule has 7 heteroatoms. The second-order valence-corrected chi connectivity index (χ2v) is 9.77. The van der Waals surface area contributed by atoms with Crippen molar-refractivity contribution in [1.29, 1.82) is 0 Å². The van der Waals surface area contributed by atoms with Crippen LogP contribution < -0.4 is 0 Å². The number of thioether (sulfide) groups is 1. The zero-order valence-corrected chi connectivity index (χ0v) is 18.2. The number of ether oxygens (including phenoxy) is 1. The summed E-state index contributed by atoms with van der Waals surface area (Å²) in [6.45, 7) is 2.24. The van der Waals surface area contributed by atoms with Crippen LogP contribution in [0.5, 0.6) is 0 Å². The molecule has 0 aromatic heterocycles. The van der Waals surface area contributed by atoms with Crippen LogP contribution in [-0.2, 0) is 13.8 Å². The highest BCUT2D eigenvalue weighted by Crippen LogP contribution is 2.38. The molecule has 0 amide bonds. The Morgan fingerprint density at radius 3 is 1.92 bits per heavy atom. The Morgan fingerprint density at radius 1 is 0.923 bits per heavy atom. The lowest BCUT2D eigenvalue weighted by Gasteiger charge is -2.13. The predicted molar refractivity (Wildman–Crippen MR) is 109 cm³/mol. The van der Waals surface area contributed by atoms with Gasteiger partial charge in [-0.05, 0) is 12.8 Å². The lowest BCUT2D eigenvalue weighted by atomic mass is 10.0. The van der Waals surface area contributed by atoms with Crippen molar-refractivity contribution in [2.45, 2.75) is 108 Å². The summed E-state index contributed by atoms with van der Waals surface area (Å²) in [7, 11) is -4.38. The molecule has 0 aliphatic carbocycles. The fourth-order valence-corrected chi connectivity index (χ4v) is 4.79. The molecule has 2 atom stereocenters. The molecule has 1 saturated heterocycles. The van der Waals surface area contributed by atoms with Crippen LogP contribution in [0.1, 0.15) is 96.8 Å². The maximum Gasteiger partial charge on any atom is 0.469 e. The van der Waals surface area contributed by atoms with Crippen LogP contribution in [0.25, 0.3) is 0 Å². The quantitative estimate of drug-likeness (QED) is 0.225. The van der Waals surface area contributed by atoms with E-state index in [9.17, 15) is 4.57 Å². The maximum absolute atomic E-state index is 10.7. The van der Waals surface area contributed by atoms with Gasteiger partial charge >= 0.3 is 7.82 Å². The van der Waals surface area contributed by atoms with E-state index < -0.39 is 7.82 Å². The summed E-state index contributed by atoms with van der Waals surface area (Å²) in [5.41, 5.74) is 0.160. The first-order chi connectivity index (χ1) is 12.5. The highest BCUT2D eigenvalue weighted by atomic mass is 32.2. The first-order valence-electron chi connectivity index (χ1n) is 10.5. The minimum absolute atomic E-state index is 0.0214. The molecule has 1 fully saturated rings. The molecular weight excluding hydrogens is 371 g/mol. The number of rotatable bonds is 17. The van der Waals surface area contributed by atoms with E-state index in [1.165, 1.54) is 83.5 Å². The second-order valence-electron chi connectivity index (χ2n) is 7.34. The summed E-state index contributed by atoms with van der Waals surface area (Å²) < 4.78 is 21.0. The van der Waals surface area contributed by atoms with E-state index in [4.69, 9.17) is 14.5 Å². The maximum atomic E-state index is 10.7. The zero-order valence-electron chi connectivity index (χ0n) is 16.4. The summed E-state index contributed by atoms with van der Waals surface area (Å²) in [6.07, 6.45) is 18.4.